The van der Waals surface area contributed by atoms with Crippen molar-refractivity contribution in [2.45, 2.75) is 26.3 Å². The molecule has 6 nitrogen and oxygen atoms in total. The quantitative estimate of drug-likeness (QED) is 0.384. The number of hydrogen-bond acceptors (Lipinski definition) is 6. The van der Waals surface area contributed by atoms with Gasteiger partial charge in [-0.25, -0.2) is 9.78 Å². The van der Waals surface area contributed by atoms with E-state index in [9.17, 15) is 9.59 Å². The molecule has 2 aromatic heterocycles. The van der Waals surface area contributed by atoms with Crippen LogP contribution in [0.15, 0.2) is 64.8 Å². The van der Waals surface area contributed by atoms with Gasteiger partial charge in [0.25, 0.3) is 5.56 Å². The minimum Gasteiger partial charge on any atom is -0.497 e. The molecule has 0 aliphatic heterocycles. The first-order valence-corrected chi connectivity index (χ1v) is 11.2. The van der Waals surface area contributed by atoms with Crippen molar-refractivity contribution in [1.82, 2.24) is 9.55 Å². The number of carbonyl (C=O) groups excluding carboxylic acids is 1. The summed E-state index contributed by atoms with van der Waals surface area (Å²) in [5.74, 6) is 0.640. The zero-order valence-corrected chi connectivity index (χ0v) is 19.2. The van der Waals surface area contributed by atoms with E-state index in [4.69, 9.17) is 14.5 Å². The average Bonchev–Trinajstić information content (AvgIpc) is 3.24. The lowest BCUT2D eigenvalue weighted by molar-refractivity contribution is -0.152. The van der Waals surface area contributed by atoms with E-state index in [2.05, 4.69) is 0 Å². The van der Waals surface area contributed by atoms with Crippen LogP contribution in [-0.4, -0.2) is 29.2 Å². The van der Waals surface area contributed by atoms with Crippen molar-refractivity contribution in [1.29, 1.82) is 0 Å². The number of ether oxygens (including phenoxy) is 2. The molecule has 0 bridgehead atoms. The molecule has 0 spiro atoms. The fourth-order valence-electron chi connectivity index (χ4n) is 3.69. The van der Waals surface area contributed by atoms with Crippen LogP contribution in [0, 0.1) is 0 Å². The molecule has 0 saturated carbocycles. The number of rotatable bonds is 6. The minimum absolute atomic E-state index is 0.223. The topological polar surface area (TPSA) is 70.4 Å². The number of aromatic nitrogens is 2. The summed E-state index contributed by atoms with van der Waals surface area (Å²) in [6, 6.07) is 16.9. The summed E-state index contributed by atoms with van der Waals surface area (Å²) < 4.78 is 12.1. The molecule has 0 saturated heterocycles. The molecular weight excluding hydrogens is 424 g/mol. The lowest BCUT2D eigenvalue weighted by atomic mass is 10.0. The van der Waals surface area contributed by atoms with Crippen LogP contribution in [0.25, 0.3) is 32.7 Å². The summed E-state index contributed by atoms with van der Waals surface area (Å²) >= 11 is 1.40. The van der Waals surface area contributed by atoms with Crippen molar-refractivity contribution in [3.05, 3.63) is 70.3 Å². The Morgan fingerprint density at radius 1 is 1.09 bits per heavy atom. The van der Waals surface area contributed by atoms with Gasteiger partial charge in [0.15, 0.2) is 0 Å². The summed E-state index contributed by atoms with van der Waals surface area (Å²) in [6.07, 6.45) is 0. The number of benzene rings is 2. The molecule has 4 aromatic rings. The molecule has 2 heterocycles. The Morgan fingerprint density at radius 3 is 2.50 bits per heavy atom. The summed E-state index contributed by atoms with van der Waals surface area (Å²) in [5.41, 5.74) is 0.815. The third-order valence-corrected chi connectivity index (χ3v) is 6.23. The molecule has 0 radical (unpaired) electrons. The van der Waals surface area contributed by atoms with Crippen LogP contribution in [-0.2, 0) is 15.1 Å². The molecule has 0 aliphatic rings. The number of esters is 1. The van der Waals surface area contributed by atoms with Crippen LogP contribution >= 0.6 is 11.3 Å². The molecule has 7 heteroatoms. The number of hydrogen-bond donors (Lipinski definition) is 0. The fourth-order valence-corrected chi connectivity index (χ4v) is 4.63. The van der Waals surface area contributed by atoms with Gasteiger partial charge in [-0.15, -0.1) is 11.3 Å². The highest BCUT2D eigenvalue weighted by Gasteiger charge is 2.36. The van der Waals surface area contributed by atoms with Crippen LogP contribution < -0.4 is 10.3 Å². The molecule has 164 valence electrons. The highest BCUT2D eigenvalue weighted by Crippen LogP contribution is 2.35. The molecule has 0 N–H and O–H groups in total. The summed E-state index contributed by atoms with van der Waals surface area (Å²) in [5, 5.41) is 2.39. The lowest BCUT2D eigenvalue weighted by Gasteiger charge is -2.27. The molecule has 4 rings (SSSR count). The van der Waals surface area contributed by atoms with Crippen molar-refractivity contribution in [2.75, 3.05) is 13.7 Å². The highest BCUT2D eigenvalue weighted by molar-refractivity contribution is 7.17. The second kappa shape index (κ2) is 8.59. The van der Waals surface area contributed by atoms with E-state index in [0.29, 0.717) is 21.8 Å². The van der Waals surface area contributed by atoms with Gasteiger partial charge in [0.2, 0.25) is 0 Å². The zero-order chi connectivity index (χ0) is 22.9. The van der Waals surface area contributed by atoms with Gasteiger partial charge in [-0.2, -0.15) is 0 Å². The Kier molecular flexibility index (Phi) is 5.84. The third-order valence-electron chi connectivity index (χ3n) is 5.35. The Balaban J connectivity index is 2.05. The van der Waals surface area contributed by atoms with Crippen molar-refractivity contribution in [2.24, 2.45) is 0 Å². The molecule has 0 fully saturated rings. The highest BCUT2D eigenvalue weighted by atomic mass is 32.1. The Labute approximate surface area is 190 Å². The van der Waals surface area contributed by atoms with E-state index < -0.39 is 11.5 Å². The van der Waals surface area contributed by atoms with Crippen molar-refractivity contribution in [3.63, 3.8) is 0 Å². The predicted molar refractivity (Wildman–Crippen MR) is 127 cm³/mol. The zero-order valence-electron chi connectivity index (χ0n) is 18.4. The van der Waals surface area contributed by atoms with E-state index in [0.717, 1.165) is 16.7 Å². The third kappa shape index (κ3) is 3.69. The van der Waals surface area contributed by atoms with Crippen LogP contribution in [0.1, 0.15) is 20.8 Å². The van der Waals surface area contributed by atoms with E-state index >= 15 is 0 Å². The average molecular weight is 449 g/mol. The summed E-state index contributed by atoms with van der Waals surface area (Å²) in [6.45, 7) is 5.34. The second-order valence-electron chi connectivity index (χ2n) is 7.78. The van der Waals surface area contributed by atoms with Gasteiger partial charge in [0, 0.05) is 16.5 Å². The molecule has 0 atom stereocenters. The van der Waals surface area contributed by atoms with E-state index in [1.807, 2.05) is 60.0 Å². The number of methoxy groups -OCH3 is 1. The number of nitrogens with zero attached hydrogens (tertiary/aromatic N) is 2. The maximum absolute atomic E-state index is 14.0. The standard InChI is InChI=1S/C25H24N2O4S/c1-5-31-24(29)25(2,3)27-21(16-10-7-6-8-11-16)26-22-20(23(27)28)19(15-32-22)17-12-9-13-18(14-17)30-4/h6-15H,5H2,1-4H3. The van der Waals surface area contributed by atoms with Gasteiger partial charge in [-0.05, 0) is 38.5 Å². The second-order valence-corrected chi connectivity index (χ2v) is 8.64. The normalized spacial score (nSPS) is 11.5. The first-order chi connectivity index (χ1) is 15.4. The van der Waals surface area contributed by atoms with Crippen LogP contribution in [0.5, 0.6) is 5.75 Å². The SMILES string of the molecule is CCOC(=O)C(C)(C)n1c(-c2ccccc2)nc2scc(-c3cccc(OC)c3)c2c1=O. The Hall–Kier alpha value is -3.45. The van der Waals surface area contributed by atoms with Crippen molar-refractivity contribution < 1.29 is 14.3 Å². The molecule has 0 aliphatic carbocycles. The number of thiophene rings is 1. The maximum Gasteiger partial charge on any atom is 0.331 e. The Bertz CT molecular complexity index is 1340. The largest absolute Gasteiger partial charge is 0.497 e. The smallest absolute Gasteiger partial charge is 0.331 e. The molecule has 2 aromatic carbocycles. The van der Waals surface area contributed by atoms with Crippen molar-refractivity contribution >= 4 is 27.5 Å². The molecule has 32 heavy (non-hydrogen) atoms. The van der Waals surface area contributed by atoms with Crippen LogP contribution in [0.3, 0.4) is 0 Å². The van der Waals surface area contributed by atoms with E-state index in [-0.39, 0.29) is 12.2 Å². The number of fused-ring (bicyclic) bond motifs is 1. The van der Waals surface area contributed by atoms with Gasteiger partial charge in [-0.1, -0.05) is 42.5 Å². The van der Waals surface area contributed by atoms with E-state index in [1.54, 1.807) is 27.9 Å². The lowest BCUT2D eigenvalue weighted by Crippen LogP contribution is -2.45. The minimum atomic E-state index is -1.26. The first-order valence-electron chi connectivity index (χ1n) is 10.3. The molecule has 0 unspecified atom stereocenters. The van der Waals surface area contributed by atoms with Crippen LogP contribution in [0.2, 0.25) is 0 Å². The molecular formula is C25H24N2O4S. The van der Waals surface area contributed by atoms with Gasteiger partial charge in [-0.3, -0.25) is 9.36 Å². The number of carbonyl (C=O) groups is 1. The first kappa shape index (κ1) is 21.8. The maximum atomic E-state index is 14.0. The monoisotopic (exact) mass is 448 g/mol. The van der Waals surface area contributed by atoms with Gasteiger partial charge < -0.3 is 9.47 Å². The van der Waals surface area contributed by atoms with Gasteiger partial charge in [0.1, 0.15) is 21.9 Å². The summed E-state index contributed by atoms with van der Waals surface area (Å²) in [7, 11) is 1.60. The van der Waals surface area contributed by atoms with E-state index in [1.165, 1.54) is 15.9 Å². The summed E-state index contributed by atoms with van der Waals surface area (Å²) in [4.78, 5) is 32.3. The van der Waals surface area contributed by atoms with Crippen molar-refractivity contribution in [3.8, 4) is 28.3 Å². The molecule has 0 amide bonds. The predicted octanol–water partition coefficient (Wildman–Crippen LogP) is 5.10. The Morgan fingerprint density at radius 2 is 1.81 bits per heavy atom. The van der Waals surface area contributed by atoms with Crippen LogP contribution in [0.4, 0.5) is 0 Å². The fraction of sp³-hybridized carbons (Fsp3) is 0.240. The van der Waals surface area contributed by atoms with Gasteiger partial charge in [0.05, 0.1) is 19.1 Å². The van der Waals surface area contributed by atoms with Gasteiger partial charge >= 0.3 is 5.97 Å².